The van der Waals surface area contributed by atoms with Crippen LogP contribution in [0.5, 0.6) is 11.6 Å². The van der Waals surface area contributed by atoms with Gasteiger partial charge in [-0.3, -0.25) is 9.59 Å². The molecule has 0 spiro atoms. The minimum absolute atomic E-state index is 0.0161. The molecule has 0 saturated carbocycles. The van der Waals surface area contributed by atoms with Crippen molar-refractivity contribution in [1.82, 2.24) is 9.88 Å². The molecule has 162 valence electrons. The summed E-state index contributed by atoms with van der Waals surface area (Å²) in [6.07, 6.45) is 1.96. The number of β-amino-alcohol motifs (C(OH)–C–C–N with tert-alkyl or cyclic N) is 1. The van der Waals surface area contributed by atoms with Crippen LogP contribution >= 0.6 is 0 Å². The predicted octanol–water partition coefficient (Wildman–Crippen LogP) is 1.83. The summed E-state index contributed by atoms with van der Waals surface area (Å²) in [5.74, 6) is -0.787. The topological polar surface area (TPSA) is 139 Å². The molecule has 0 aliphatic carbocycles. The van der Waals surface area contributed by atoms with E-state index in [2.05, 4.69) is 4.98 Å². The summed E-state index contributed by atoms with van der Waals surface area (Å²) in [6.45, 7) is 2.24. The fourth-order valence-electron chi connectivity index (χ4n) is 4.13. The first kappa shape index (κ1) is 20.7. The third-order valence-electron chi connectivity index (χ3n) is 5.55. The second-order valence-electron chi connectivity index (χ2n) is 7.41. The van der Waals surface area contributed by atoms with Crippen LogP contribution in [-0.2, 0) is 11.4 Å². The number of ether oxygens (including phenoxy) is 1. The smallest absolute Gasteiger partial charge is 0.252 e. The van der Waals surface area contributed by atoms with Crippen molar-refractivity contribution in [3.8, 4) is 11.6 Å². The average molecular weight is 425 g/mol. The van der Waals surface area contributed by atoms with Crippen molar-refractivity contribution in [1.29, 1.82) is 0 Å². The first-order chi connectivity index (χ1) is 14.9. The van der Waals surface area contributed by atoms with E-state index in [9.17, 15) is 19.8 Å². The summed E-state index contributed by atoms with van der Waals surface area (Å²) in [5, 5.41) is 19.7. The Morgan fingerprint density at radius 2 is 2.19 bits per heavy atom. The highest BCUT2D eigenvalue weighted by atomic mass is 16.5. The summed E-state index contributed by atoms with van der Waals surface area (Å²) < 4.78 is 11.7. The quantitative estimate of drug-likeness (QED) is 0.525. The Kier molecular flexibility index (Phi) is 5.51. The van der Waals surface area contributed by atoms with Crippen molar-refractivity contribution in [2.24, 2.45) is 5.73 Å². The Bertz CT molecular complexity index is 1160. The minimum atomic E-state index is -0.655. The maximum Gasteiger partial charge on any atom is 0.252 e. The fraction of sp³-hybridized carbons (Fsp3) is 0.318. The number of amides is 2. The van der Waals surface area contributed by atoms with E-state index in [1.54, 1.807) is 36.1 Å². The Hall–Kier alpha value is -3.59. The SMILES string of the molecule is Cc1oc2ccc(OCc3cccnc3O)c(C3CCN(CCO)C3=O)c2c1C(N)=O. The number of aromatic hydroxyl groups is 1. The highest BCUT2D eigenvalue weighted by Crippen LogP contribution is 2.43. The molecular formula is C22H23N3O6. The van der Waals surface area contributed by atoms with E-state index < -0.39 is 11.8 Å². The third-order valence-corrected chi connectivity index (χ3v) is 5.55. The van der Waals surface area contributed by atoms with E-state index in [0.29, 0.717) is 46.6 Å². The molecule has 1 aliphatic rings. The Morgan fingerprint density at radius 1 is 1.39 bits per heavy atom. The zero-order valence-electron chi connectivity index (χ0n) is 17.0. The first-order valence-electron chi connectivity index (χ1n) is 9.93. The van der Waals surface area contributed by atoms with Gasteiger partial charge in [0.05, 0.1) is 23.7 Å². The molecule has 9 heteroatoms. The van der Waals surface area contributed by atoms with E-state index in [4.69, 9.17) is 14.9 Å². The molecule has 3 aromatic rings. The highest BCUT2D eigenvalue weighted by Gasteiger charge is 2.37. The normalized spacial score (nSPS) is 16.3. The second-order valence-corrected chi connectivity index (χ2v) is 7.41. The van der Waals surface area contributed by atoms with Gasteiger partial charge in [-0.05, 0) is 37.6 Å². The number of likely N-dealkylation sites (tertiary alicyclic amines) is 1. The van der Waals surface area contributed by atoms with Crippen molar-refractivity contribution in [2.45, 2.75) is 25.9 Å². The number of aliphatic hydroxyl groups is 1. The van der Waals surface area contributed by atoms with Crippen LogP contribution < -0.4 is 10.5 Å². The van der Waals surface area contributed by atoms with Gasteiger partial charge in [0.15, 0.2) is 0 Å². The molecule has 9 nitrogen and oxygen atoms in total. The number of aliphatic hydroxyl groups excluding tert-OH is 1. The number of rotatable bonds is 7. The van der Waals surface area contributed by atoms with Crippen LogP contribution in [-0.4, -0.2) is 51.6 Å². The van der Waals surface area contributed by atoms with Crippen LogP contribution in [0.3, 0.4) is 0 Å². The summed E-state index contributed by atoms with van der Waals surface area (Å²) >= 11 is 0. The van der Waals surface area contributed by atoms with Gasteiger partial charge in [-0.15, -0.1) is 0 Å². The molecule has 2 aromatic heterocycles. The molecule has 1 aliphatic heterocycles. The summed E-state index contributed by atoms with van der Waals surface area (Å²) in [6, 6.07) is 6.71. The van der Waals surface area contributed by atoms with E-state index in [1.165, 1.54) is 6.20 Å². The van der Waals surface area contributed by atoms with Crippen LogP contribution in [0, 0.1) is 6.92 Å². The molecule has 4 rings (SSSR count). The molecule has 4 N–H and O–H groups in total. The molecular weight excluding hydrogens is 402 g/mol. The molecule has 31 heavy (non-hydrogen) atoms. The number of benzene rings is 1. The minimum Gasteiger partial charge on any atom is -0.493 e. The zero-order valence-corrected chi connectivity index (χ0v) is 17.0. The third kappa shape index (κ3) is 3.68. The maximum atomic E-state index is 13.1. The molecule has 0 bridgehead atoms. The molecule has 1 atom stereocenters. The molecule has 1 saturated heterocycles. The van der Waals surface area contributed by atoms with Gasteiger partial charge >= 0.3 is 0 Å². The van der Waals surface area contributed by atoms with Crippen molar-refractivity contribution in [3.05, 3.63) is 52.9 Å². The number of primary amides is 1. The van der Waals surface area contributed by atoms with Crippen molar-refractivity contribution >= 4 is 22.8 Å². The molecule has 2 amide bonds. The number of nitrogens with zero attached hydrogens (tertiary/aromatic N) is 2. The van der Waals surface area contributed by atoms with Gasteiger partial charge < -0.3 is 30.0 Å². The van der Waals surface area contributed by atoms with Gasteiger partial charge in [-0.1, -0.05) is 0 Å². The van der Waals surface area contributed by atoms with Crippen LogP contribution in [0.4, 0.5) is 0 Å². The first-order valence-corrected chi connectivity index (χ1v) is 9.93. The van der Waals surface area contributed by atoms with Crippen LogP contribution in [0.25, 0.3) is 11.0 Å². The molecule has 3 heterocycles. The Balaban J connectivity index is 1.83. The van der Waals surface area contributed by atoms with Gasteiger partial charge in [-0.25, -0.2) is 4.98 Å². The van der Waals surface area contributed by atoms with E-state index >= 15 is 0 Å². The number of nitrogens with two attached hydrogens (primary N) is 1. The van der Waals surface area contributed by atoms with Crippen LogP contribution in [0.2, 0.25) is 0 Å². The zero-order chi connectivity index (χ0) is 22.1. The standard InChI is InChI=1S/C22H23N3O6/c1-12-17(20(23)27)19-16(31-12)5-4-15(30-11-13-3-2-7-24-21(13)28)18(19)14-6-8-25(9-10-26)22(14)29/h2-5,7,14,26H,6,8-11H2,1H3,(H2,23,27)(H,24,28). The monoisotopic (exact) mass is 425 g/mol. The van der Waals surface area contributed by atoms with Crippen molar-refractivity contribution in [3.63, 3.8) is 0 Å². The number of aryl methyl sites for hydroxylation is 1. The lowest BCUT2D eigenvalue weighted by Crippen LogP contribution is -2.29. The molecule has 1 aromatic carbocycles. The predicted molar refractivity (Wildman–Crippen MR) is 111 cm³/mol. The number of carbonyl (C=O) groups excluding carboxylic acids is 2. The maximum absolute atomic E-state index is 13.1. The summed E-state index contributed by atoms with van der Waals surface area (Å²) in [7, 11) is 0. The number of carbonyl (C=O) groups is 2. The molecule has 1 fully saturated rings. The fourth-order valence-corrected chi connectivity index (χ4v) is 4.13. The summed E-state index contributed by atoms with van der Waals surface area (Å²) in [5.41, 5.74) is 7.28. The van der Waals surface area contributed by atoms with E-state index in [0.717, 1.165) is 0 Å². The van der Waals surface area contributed by atoms with Crippen LogP contribution in [0.15, 0.2) is 34.9 Å². The number of hydrogen-bond acceptors (Lipinski definition) is 7. The van der Waals surface area contributed by atoms with Crippen LogP contribution in [0.1, 0.15) is 39.6 Å². The van der Waals surface area contributed by atoms with Gasteiger partial charge in [0, 0.05) is 30.2 Å². The Morgan fingerprint density at radius 3 is 2.90 bits per heavy atom. The largest absolute Gasteiger partial charge is 0.493 e. The lowest BCUT2D eigenvalue weighted by Gasteiger charge is -2.19. The van der Waals surface area contributed by atoms with Gasteiger partial charge in [0.25, 0.3) is 5.91 Å². The summed E-state index contributed by atoms with van der Waals surface area (Å²) in [4.78, 5) is 30.7. The van der Waals surface area contributed by atoms with E-state index in [1.807, 2.05) is 0 Å². The van der Waals surface area contributed by atoms with Gasteiger partial charge in [-0.2, -0.15) is 0 Å². The number of hydrogen-bond donors (Lipinski definition) is 3. The van der Waals surface area contributed by atoms with Crippen molar-refractivity contribution < 1.29 is 29.0 Å². The van der Waals surface area contributed by atoms with Gasteiger partial charge in [0.2, 0.25) is 11.8 Å². The second kappa shape index (κ2) is 8.27. The number of pyridine rings is 1. The molecule has 1 unspecified atom stereocenters. The molecule has 0 radical (unpaired) electrons. The lowest BCUT2D eigenvalue weighted by molar-refractivity contribution is -0.129. The van der Waals surface area contributed by atoms with Gasteiger partial charge in [0.1, 0.15) is 23.7 Å². The average Bonchev–Trinajstić information content (AvgIpc) is 3.26. The lowest BCUT2D eigenvalue weighted by atomic mass is 9.91. The van der Waals surface area contributed by atoms with E-state index in [-0.39, 0.29) is 37.1 Å². The highest BCUT2D eigenvalue weighted by molar-refractivity contribution is 6.09. The Labute approximate surface area is 178 Å². The number of aromatic nitrogens is 1. The van der Waals surface area contributed by atoms with Crippen molar-refractivity contribution in [2.75, 3.05) is 19.7 Å². The number of fused-ring (bicyclic) bond motifs is 1. The number of furan rings is 1.